The van der Waals surface area contributed by atoms with Gasteiger partial charge in [0.15, 0.2) is 5.75 Å². The van der Waals surface area contributed by atoms with Crippen molar-refractivity contribution in [1.82, 2.24) is 9.21 Å². The Morgan fingerprint density at radius 2 is 1.74 bits per heavy atom. The van der Waals surface area contributed by atoms with E-state index in [1.54, 1.807) is 30.2 Å². The van der Waals surface area contributed by atoms with Crippen LogP contribution in [0.1, 0.15) is 48.5 Å². The molecular weight excluding hydrogens is 511 g/mol. The number of likely N-dealkylation sites (tertiary alicyclic amines) is 1. The molecule has 0 aromatic heterocycles. The first-order chi connectivity index (χ1) is 16.4. The second-order valence-electron chi connectivity index (χ2n) is 9.72. The molecule has 0 radical (unpaired) electrons. The Morgan fingerprint density at radius 1 is 1.09 bits per heavy atom. The van der Waals surface area contributed by atoms with E-state index in [2.05, 4.69) is 13.8 Å². The molecule has 2 fully saturated rings. The molecule has 0 N–H and O–H groups in total. The molecule has 2 heterocycles. The highest BCUT2D eigenvalue weighted by Gasteiger charge is 2.48. The van der Waals surface area contributed by atoms with E-state index in [4.69, 9.17) is 32.7 Å². The van der Waals surface area contributed by atoms with Gasteiger partial charge in [0.1, 0.15) is 11.5 Å². The highest BCUT2D eigenvalue weighted by molar-refractivity contribution is 7.88. The number of nitrogens with zero attached hydrogens (tertiary/aromatic N) is 2. The van der Waals surface area contributed by atoms with Gasteiger partial charge >= 0.3 is 0 Å². The van der Waals surface area contributed by atoms with Crippen LogP contribution in [0.25, 0.3) is 0 Å². The molecule has 0 bridgehead atoms. The van der Waals surface area contributed by atoms with Crippen LogP contribution in [0.3, 0.4) is 0 Å². The lowest BCUT2D eigenvalue weighted by Gasteiger charge is -2.52. The Balaban J connectivity index is 1.50. The molecule has 0 saturated carbocycles. The Kier molecular flexibility index (Phi) is 7.31. The third-order valence-electron chi connectivity index (χ3n) is 6.93. The van der Waals surface area contributed by atoms with E-state index in [1.807, 2.05) is 12.1 Å². The van der Waals surface area contributed by atoms with Crippen LogP contribution in [0.15, 0.2) is 30.3 Å². The molecule has 1 spiro atoms. The topological polar surface area (TPSA) is 76.2 Å². The highest BCUT2D eigenvalue weighted by atomic mass is 35.5. The van der Waals surface area contributed by atoms with Crippen LogP contribution in [0, 0.1) is 5.41 Å². The van der Waals surface area contributed by atoms with Gasteiger partial charge in [-0.25, -0.2) is 12.7 Å². The fraction of sp³-hybridized carbons (Fsp3) is 0.480. The van der Waals surface area contributed by atoms with Crippen LogP contribution in [0.5, 0.6) is 17.2 Å². The van der Waals surface area contributed by atoms with Crippen molar-refractivity contribution in [1.29, 1.82) is 0 Å². The van der Waals surface area contributed by atoms with Crippen molar-refractivity contribution in [2.75, 3.05) is 39.5 Å². The summed E-state index contributed by atoms with van der Waals surface area (Å²) in [5, 5.41) is 0.470. The SMILES string of the molecule is COc1ccc(Oc2c(Cl)ccc(C(=O)N3CCC4(CC3)CN(S(C)(=O)=O)C4)c2Cl)cc1C(C)C. The van der Waals surface area contributed by atoms with Crippen molar-refractivity contribution < 1.29 is 22.7 Å². The minimum Gasteiger partial charge on any atom is -0.496 e. The lowest BCUT2D eigenvalue weighted by Crippen LogP contribution is -2.61. The quantitative estimate of drug-likeness (QED) is 0.489. The van der Waals surface area contributed by atoms with Crippen LogP contribution in [0.2, 0.25) is 10.0 Å². The molecule has 7 nitrogen and oxygen atoms in total. The van der Waals surface area contributed by atoms with Gasteiger partial charge in [-0.2, -0.15) is 0 Å². The fourth-order valence-corrected chi connectivity index (χ4v) is 6.29. The predicted molar refractivity (Wildman–Crippen MR) is 138 cm³/mol. The van der Waals surface area contributed by atoms with Crippen molar-refractivity contribution in [3.05, 3.63) is 51.5 Å². The molecule has 35 heavy (non-hydrogen) atoms. The smallest absolute Gasteiger partial charge is 0.255 e. The van der Waals surface area contributed by atoms with Gasteiger partial charge < -0.3 is 14.4 Å². The van der Waals surface area contributed by atoms with Gasteiger partial charge in [0.25, 0.3) is 5.91 Å². The summed E-state index contributed by atoms with van der Waals surface area (Å²) >= 11 is 13.1. The van der Waals surface area contributed by atoms with Gasteiger partial charge in [-0.15, -0.1) is 0 Å². The Labute approximate surface area is 216 Å². The molecule has 190 valence electrons. The molecule has 0 aliphatic carbocycles. The van der Waals surface area contributed by atoms with Gasteiger partial charge in [0.2, 0.25) is 10.0 Å². The Bertz CT molecular complexity index is 1230. The van der Waals surface area contributed by atoms with Crippen molar-refractivity contribution in [2.24, 2.45) is 5.41 Å². The number of hydrogen-bond donors (Lipinski definition) is 0. The number of carbonyl (C=O) groups is 1. The van der Waals surface area contributed by atoms with Crippen LogP contribution in [-0.2, 0) is 10.0 Å². The first kappa shape index (κ1) is 26.1. The summed E-state index contributed by atoms with van der Waals surface area (Å²) < 4.78 is 36.4. The van der Waals surface area contributed by atoms with Crippen LogP contribution in [-0.4, -0.2) is 63.1 Å². The predicted octanol–water partition coefficient (Wildman–Crippen LogP) is 5.42. The Morgan fingerprint density at radius 3 is 2.31 bits per heavy atom. The first-order valence-corrected chi connectivity index (χ1v) is 14.1. The van der Waals surface area contributed by atoms with E-state index in [1.165, 1.54) is 10.6 Å². The maximum absolute atomic E-state index is 13.3. The number of hydrogen-bond acceptors (Lipinski definition) is 5. The van der Waals surface area contributed by atoms with Gasteiger partial charge in [0, 0.05) is 37.2 Å². The minimum atomic E-state index is -3.16. The summed E-state index contributed by atoms with van der Waals surface area (Å²) in [4.78, 5) is 15.1. The number of rotatable bonds is 6. The maximum Gasteiger partial charge on any atom is 0.255 e. The van der Waals surface area contributed by atoms with Crippen molar-refractivity contribution >= 4 is 39.1 Å². The lowest BCUT2D eigenvalue weighted by molar-refractivity contribution is 0.00332. The first-order valence-electron chi connectivity index (χ1n) is 11.5. The molecule has 2 aliphatic heterocycles. The number of benzene rings is 2. The van der Waals surface area contributed by atoms with Crippen LogP contribution >= 0.6 is 23.2 Å². The third kappa shape index (κ3) is 5.26. The van der Waals surface area contributed by atoms with Crippen LogP contribution in [0.4, 0.5) is 0 Å². The van der Waals surface area contributed by atoms with Gasteiger partial charge in [0.05, 0.1) is 29.0 Å². The molecule has 2 aromatic carbocycles. The molecule has 10 heteroatoms. The van der Waals surface area contributed by atoms with Crippen LogP contribution < -0.4 is 9.47 Å². The third-order valence-corrected chi connectivity index (χ3v) is 8.80. The van der Waals surface area contributed by atoms with Gasteiger partial charge in [-0.3, -0.25) is 4.79 Å². The number of ether oxygens (including phenoxy) is 2. The number of piperidine rings is 1. The zero-order chi connectivity index (χ0) is 25.5. The monoisotopic (exact) mass is 540 g/mol. The zero-order valence-corrected chi connectivity index (χ0v) is 22.6. The molecule has 1 amide bonds. The number of methoxy groups -OCH3 is 1. The molecular formula is C25H30Cl2N2O5S. The Hall–Kier alpha value is -2.00. The van der Waals surface area contributed by atoms with E-state index < -0.39 is 10.0 Å². The summed E-state index contributed by atoms with van der Waals surface area (Å²) in [5.74, 6) is 1.57. The van der Waals surface area contributed by atoms with E-state index in [0.29, 0.717) is 42.5 Å². The summed E-state index contributed by atoms with van der Waals surface area (Å²) in [6.45, 7) is 6.25. The largest absolute Gasteiger partial charge is 0.496 e. The van der Waals surface area contributed by atoms with Crippen molar-refractivity contribution in [3.8, 4) is 17.2 Å². The number of carbonyl (C=O) groups excluding carboxylic acids is 1. The van der Waals surface area contributed by atoms with Gasteiger partial charge in [-0.05, 0) is 49.1 Å². The average Bonchev–Trinajstić information content (AvgIpc) is 2.79. The molecule has 2 saturated heterocycles. The standard InChI is InChI=1S/C25H30Cl2N2O5S/c1-16(2)19-13-17(5-8-21(19)33-3)34-23-20(26)7-6-18(22(23)27)24(30)28-11-9-25(10-12-28)14-29(15-25)35(4,31)32/h5-8,13,16H,9-12,14-15H2,1-4H3. The second kappa shape index (κ2) is 9.81. The second-order valence-corrected chi connectivity index (χ2v) is 12.5. The zero-order valence-electron chi connectivity index (χ0n) is 20.3. The fourth-order valence-electron chi connectivity index (χ4n) is 4.74. The summed E-state index contributed by atoms with van der Waals surface area (Å²) in [6, 6.07) is 8.72. The van der Waals surface area contributed by atoms with E-state index in [9.17, 15) is 13.2 Å². The molecule has 4 rings (SSSR count). The van der Waals surface area contributed by atoms with Crippen molar-refractivity contribution in [3.63, 3.8) is 0 Å². The molecule has 2 aromatic rings. The van der Waals surface area contributed by atoms with Gasteiger partial charge in [-0.1, -0.05) is 37.0 Å². The molecule has 0 unspecified atom stereocenters. The normalized spacial score (nSPS) is 18.0. The minimum absolute atomic E-state index is 0.0413. The number of amides is 1. The van der Waals surface area contributed by atoms with E-state index in [0.717, 1.165) is 24.2 Å². The van der Waals surface area contributed by atoms with Crippen molar-refractivity contribution in [2.45, 2.75) is 32.6 Å². The summed E-state index contributed by atoms with van der Waals surface area (Å²) in [6.07, 6.45) is 2.74. The van der Waals surface area contributed by atoms with E-state index >= 15 is 0 Å². The number of halogens is 2. The maximum atomic E-state index is 13.3. The van der Waals surface area contributed by atoms with E-state index in [-0.39, 0.29) is 28.0 Å². The molecule has 2 aliphatic rings. The molecule has 0 atom stereocenters. The average molecular weight is 541 g/mol. The summed E-state index contributed by atoms with van der Waals surface area (Å²) in [7, 11) is -1.54. The highest BCUT2D eigenvalue weighted by Crippen LogP contribution is 2.43. The summed E-state index contributed by atoms with van der Waals surface area (Å²) in [5.41, 5.74) is 1.27. The number of sulfonamides is 1. The lowest BCUT2D eigenvalue weighted by atomic mass is 9.73.